The highest BCUT2D eigenvalue weighted by Crippen LogP contribution is 2.30. The summed E-state index contributed by atoms with van der Waals surface area (Å²) in [5.41, 5.74) is 2.46. The number of hydrogen-bond acceptors (Lipinski definition) is 8. The first-order chi connectivity index (χ1) is 14.9. The lowest BCUT2D eigenvalue weighted by molar-refractivity contribution is 0.170. The summed E-state index contributed by atoms with van der Waals surface area (Å²) in [5, 5.41) is 35.2. The third kappa shape index (κ3) is 6.19. The molecular weight excluding hydrogens is 455 g/mol. The molecule has 1 heterocycles. The predicted octanol–water partition coefficient (Wildman–Crippen LogP) is 3.58. The second-order valence-electron chi connectivity index (χ2n) is 7.17. The minimum absolute atomic E-state index is 0. The molecule has 0 unspecified atom stereocenters. The van der Waals surface area contributed by atoms with Crippen LogP contribution in [-0.4, -0.2) is 45.7 Å². The molecule has 8 nitrogen and oxygen atoms in total. The standard InChI is InChI=1S/C22H23ClN4O4.ClH/c1-13(2)30-20-6-4-15(8-16(20)9-24)22-26-21(27-31-22)18-5-3-14(7-19(18)23)10-25-17(11-28)12-29;/h3-8,13,17,25,28-29H,10-12H2,1-2H3;1H. The molecule has 0 aliphatic carbocycles. The van der Waals surface area contributed by atoms with Crippen molar-refractivity contribution in [3.63, 3.8) is 0 Å². The van der Waals surface area contributed by atoms with Gasteiger partial charge in [0.05, 0.1) is 35.9 Å². The minimum Gasteiger partial charge on any atom is -0.490 e. The van der Waals surface area contributed by atoms with Crippen molar-refractivity contribution in [3.05, 3.63) is 52.5 Å². The van der Waals surface area contributed by atoms with Crippen LogP contribution in [-0.2, 0) is 6.54 Å². The minimum atomic E-state index is -0.395. The number of nitriles is 1. The van der Waals surface area contributed by atoms with Gasteiger partial charge in [-0.05, 0) is 49.7 Å². The molecule has 0 saturated carbocycles. The van der Waals surface area contributed by atoms with E-state index in [1.807, 2.05) is 19.9 Å². The molecule has 3 rings (SSSR count). The number of aliphatic hydroxyl groups excluding tert-OH is 2. The summed E-state index contributed by atoms with van der Waals surface area (Å²) in [6.07, 6.45) is -0.0496. The Bertz CT molecular complexity index is 1080. The average molecular weight is 479 g/mol. The molecule has 0 aliphatic heterocycles. The van der Waals surface area contributed by atoms with Gasteiger partial charge in [0.25, 0.3) is 5.89 Å². The normalized spacial score (nSPS) is 10.8. The maximum Gasteiger partial charge on any atom is 0.258 e. The van der Waals surface area contributed by atoms with Crippen molar-refractivity contribution in [1.82, 2.24) is 15.5 Å². The van der Waals surface area contributed by atoms with Gasteiger partial charge in [-0.15, -0.1) is 12.4 Å². The van der Waals surface area contributed by atoms with E-state index >= 15 is 0 Å². The lowest BCUT2D eigenvalue weighted by atomic mass is 10.1. The monoisotopic (exact) mass is 478 g/mol. The van der Waals surface area contributed by atoms with Gasteiger partial charge in [-0.25, -0.2) is 0 Å². The van der Waals surface area contributed by atoms with E-state index in [0.29, 0.717) is 39.8 Å². The average Bonchev–Trinajstić information content (AvgIpc) is 3.24. The number of nitrogens with one attached hydrogen (secondary N) is 1. The van der Waals surface area contributed by atoms with Gasteiger partial charge < -0.3 is 24.8 Å². The molecule has 0 atom stereocenters. The molecule has 1 aromatic heterocycles. The van der Waals surface area contributed by atoms with E-state index < -0.39 is 6.04 Å². The highest BCUT2D eigenvalue weighted by atomic mass is 35.5. The zero-order valence-corrected chi connectivity index (χ0v) is 19.2. The van der Waals surface area contributed by atoms with Gasteiger partial charge in [-0.2, -0.15) is 10.2 Å². The van der Waals surface area contributed by atoms with Crippen LogP contribution in [0.5, 0.6) is 5.75 Å². The Kier molecular flexibility index (Phi) is 9.44. The van der Waals surface area contributed by atoms with Gasteiger partial charge in [-0.3, -0.25) is 0 Å². The van der Waals surface area contributed by atoms with E-state index in [-0.39, 0.29) is 37.6 Å². The van der Waals surface area contributed by atoms with E-state index in [4.69, 9.17) is 31.1 Å². The molecule has 3 N–H and O–H groups in total. The lowest BCUT2D eigenvalue weighted by Crippen LogP contribution is -2.35. The van der Waals surface area contributed by atoms with Gasteiger partial charge in [-0.1, -0.05) is 22.8 Å². The van der Waals surface area contributed by atoms with Gasteiger partial charge in [0.15, 0.2) is 0 Å². The van der Waals surface area contributed by atoms with Crippen LogP contribution in [0.2, 0.25) is 5.02 Å². The van der Waals surface area contributed by atoms with E-state index in [1.165, 1.54) is 0 Å². The van der Waals surface area contributed by atoms with Crippen molar-refractivity contribution in [2.75, 3.05) is 13.2 Å². The Morgan fingerprint density at radius 1 is 1.19 bits per heavy atom. The maximum absolute atomic E-state index is 9.41. The van der Waals surface area contributed by atoms with E-state index in [9.17, 15) is 5.26 Å². The lowest BCUT2D eigenvalue weighted by Gasteiger charge is -2.13. The zero-order valence-electron chi connectivity index (χ0n) is 17.6. The van der Waals surface area contributed by atoms with Crippen molar-refractivity contribution < 1.29 is 19.5 Å². The second kappa shape index (κ2) is 11.8. The molecule has 0 spiro atoms. The van der Waals surface area contributed by atoms with Crippen molar-refractivity contribution >= 4 is 24.0 Å². The fourth-order valence-corrected chi connectivity index (χ4v) is 3.14. The summed E-state index contributed by atoms with van der Waals surface area (Å²) in [5.74, 6) is 1.08. The smallest absolute Gasteiger partial charge is 0.258 e. The largest absolute Gasteiger partial charge is 0.490 e. The fraction of sp³-hybridized carbons (Fsp3) is 0.318. The third-order valence-corrected chi connectivity index (χ3v) is 4.76. The topological polar surface area (TPSA) is 124 Å². The summed E-state index contributed by atoms with van der Waals surface area (Å²) in [6.45, 7) is 3.90. The molecule has 10 heteroatoms. The van der Waals surface area contributed by atoms with Crippen molar-refractivity contribution in [2.24, 2.45) is 0 Å². The Balaban J connectivity index is 0.00000363. The van der Waals surface area contributed by atoms with Crippen LogP contribution in [0, 0.1) is 11.3 Å². The Hall–Kier alpha value is -2.67. The molecule has 170 valence electrons. The van der Waals surface area contributed by atoms with Gasteiger partial charge >= 0.3 is 0 Å². The Morgan fingerprint density at radius 3 is 2.56 bits per heavy atom. The van der Waals surface area contributed by atoms with E-state index in [1.54, 1.807) is 30.3 Å². The molecule has 0 aliphatic rings. The first-order valence-corrected chi connectivity index (χ1v) is 10.1. The summed E-state index contributed by atoms with van der Waals surface area (Å²) in [4.78, 5) is 4.41. The number of rotatable bonds is 9. The van der Waals surface area contributed by atoms with Crippen molar-refractivity contribution in [3.8, 4) is 34.7 Å². The maximum atomic E-state index is 9.41. The summed E-state index contributed by atoms with van der Waals surface area (Å²) < 4.78 is 11.0. The van der Waals surface area contributed by atoms with E-state index in [2.05, 4.69) is 21.5 Å². The van der Waals surface area contributed by atoms with Crippen molar-refractivity contribution in [2.45, 2.75) is 32.5 Å². The SMILES string of the molecule is CC(C)Oc1ccc(-c2nc(-c3ccc(CNC(CO)CO)cc3Cl)no2)cc1C#N.Cl. The van der Waals surface area contributed by atoms with Crippen LogP contribution in [0.3, 0.4) is 0 Å². The fourth-order valence-electron chi connectivity index (χ4n) is 2.86. The number of aromatic nitrogens is 2. The highest BCUT2D eigenvalue weighted by molar-refractivity contribution is 6.33. The number of nitrogens with zero attached hydrogens (tertiary/aromatic N) is 3. The van der Waals surface area contributed by atoms with Crippen LogP contribution < -0.4 is 10.1 Å². The first kappa shape index (κ1) is 25.6. The second-order valence-corrected chi connectivity index (χ2v) is 7.58. The molecule has 2 aromatic carbocycles. The number of ether oxygens (including phenoxy) is 1. The molecule has 32 heavy (non-hydrogen) atoms. The number of halogens is 2. The van der Waals surface area contributed by atoms with Crippen LogP contribution in [0.25, 0.3) is 22.8 Å². The summed E-state index contributed by atoms with van der Waals surface area (Å²) >= 11 is 6.41. The number of aliphatic hydroxyl groups is 2. The molecule has 3 aromatic rings. The predicted molar refractivity (Wildman–Crippen MR) is 123 cm³/mol. The first-order valence-electron chi connectivity index (χ1n) is 9.74. The third-order valence-electron chi connectivity index (χ3n) is 4.45. The molecule has 0 saturated heterocycles. The highest BCUT2D eigenvalue weighted by Gasteiger charge is 2.16. The van der Waals surface area contributed by atoms with Crippen LogP contribution in [0.4, 0.5) is 0 Å². The van der Waals surface area contributed by atoms with Crippen LogP contribution in [0.1, 0.15) is 25.0 Å². The molecule has 0 fully saturated rings. The summed E-state index contributed by atoms with van der Waals surface area (Å²) in [7, 11) is 0. The van der Waals surface area contributed by atoms with Crippen molar-refractivity contribution in [1.29, 1.82) is 5.26 Å². The van der Waals surface area contributed by atoms with Crippen LogP contribution >= 0.6 is 24.0 Å². The quantitative estimate of drug-likeness (QED) is 0.426. The van der Waals surface area contributed by atoms with E-state index in [0.717, 1.165) is 5.56 Å². The Labute approximate surface area is 197 Å². The molecule has 0 amide bonds. The van der Waals surface area contributed by atoms with Gasteiger partial charge in [0.1, 0.15) is 11.8 Å². The molecule has 0 radical (unpaired) electrons. The summed E-state index contributed by atoms with van der Waals surface area (Å²) in [6, 6.07) is 12.2. The van der Waals surface area contributed by atoms with Gasteiger partial charge in [0.2, 0.25) is 5.82 Å². The molecular formula is C22H24Cl2N4O4. The Morgan fingerprint density at radius 2 is 1.94 bits per heavy atom. The van der Waals surface area contributed by atoms with Gasteiger partial charge in [0, 0.05) is 17.7 Å². The van der Waals surface area contributed by atoms with Crippen LogP contribution in [0.15, 0.2) is 40.9 Å². The number of hydrogen-bond donors (Lipinski definition) is 3. The zero-order chi connectivity index (χ0) is 22.4. The number of benzene rings is 2. The molecule has 0 bridgehead atoms.